The minimum Gasteiger partial charge on any atom is -0.394 e. The molecule has 51 heavy (non-hydrogen) atoms. The molecule has 9 heteroatoms. The summed E-state index contributed by atoms with van der Waals surface area (Å²) in [6.07, 6.45) is 29.6. The first-order valence-electron chi connectivity index (χ1n) is 21.4. The highest BCUT2D eigenvalue weighted by Gasteiger charge is 2.44. The second kappa shape index (κ2) is 33.5. The summed E-state index contributed by atoms with van der Waals surface area (Å²) in [5, 5.41) is 54.0. The molecular formula is C42H81NO8. The Kier molecular flexibility index (Phi) is 31.5. The standard InChI is InChI=1S/C42H81NO8/c1-3-5-7-9-11-13-15-16-17-18-19-20-22-23-25-27-29-31-36(45)35(34-50-42-41(49)40(48)39(47)37(33-44)51-42)43-38(46)32-30-28-26-24-21-14-12-10-8-6-4-2/h29,31,35-37,39-42,44-45,47-49H,3-28,30,32-34H2,1-2H3,(H,43,46)/b31-29+. The van der Waals surface area contributed by atoms with E-state index in [-0.39, 0.29) is 12.5 Å². The lowest BCUT2D eigenvalue weighted by Crippen LogP contribution is -2.60. The molecule has 1 heterocycles. The minimum absolute atomic E-state index is 0.178. The molecule has 7 atom stereocenters. The fourth-order valence-electron chi connectivity index (χ4n) is 6.86. The van der Waals surface area contributed by atoms with Gasteiger partial charge in [0.2, 0.25) is 5.91 Å². The first-order valence-corrected chi connectivity index (χ1v) is 21.4. The number of amides is 1. The lowest BCUT2D eigenvalue weighted by atomic mass is 9.99. The number of nitrogens with one attached hydrogen (secondary N) is 1. The van der Waals surface area contributed by atoms with Gasteiger partial charge in [-0.15, -0.1) is 0 Å². The fraction of sp³-hybridized carbons (Fsp3) is 0.929. The largest absolute Gasteiger partial charge is 0.394 e. The quantitative estimate of drug-likeness (QED) is 0.0283. The number of carbonyl (C=O) groups excluding carboxylic acids is 1. The average Bonchev–Trinajstić information content (AvgIpc) is 3.13. The molecule has 1 rings (SSSR count). The van der Waals surface area contributed by atoms with E-state index in [0.29, 0.717) is 6.42 Å². The van der Waals surface area contributed by atoms with Crippen LogP contribution in [0.3, 0.4) is 0 Å². The predicted molar refractivity (Wildman–Crippen MR) is 207 cm³/mol. The lowest BCUT2D eigenvalue weighted by molar-refractivity contribution is -0.302. The smallest absolute Gasteiger partial charge is 0.220 e. The molecule has 6 N–H and O–H groups in total. The number of rotatable bonds is 35. The van der Waals surface area contributed by atoms with E-state index in [1.807, 2.05) is 6.08 Å². The topological polar surface area (TPSA) is 149 Å². The van der Waals surface area contributed by atoms with E-state index in [9.17, 15) is 30.3 Å². The van der Waals surface area contributed by atoms with Crippen LogP contribution in [0.1, 0.15) is 194 Å². The molecule has 0 radical (unpaired) electrons. The molecule has 0 spiro atoms. The number of hydrogen-bond donors (Lipinski definition) is 6. The van der Waals surface area contributed by atoms with Gasteiger partial charge < -0.3 is 40.3 Å². The normalized spacial score (nSPS) is 22.1. The monoisotopic (exact) mass is 728 g/mol. The highest BCUT2D eigenvalue weighted by atomic mass is 16.7. The SMILES string of the molecule is CCCCCCCCCCCCCCCCC/C=C/C(O)C(COC1OC(CO)C(O)C(O)C1O)NC(=O)CCCCCCCCCCCCC. The van der Waals surface area contributed by atoms with E-state index < -0.39 is 49.5 Å². The molecule has 1 fully saturated rings. The van der Waals surface area contributed by atoms with Gasteiger partial charge in [-0.05, 0) is 19.3 Å². The molecule has 7 unspecified atom stereocenters. The van der Waals surface area contributed by atoms with Crippen molar-refractivity contribution < 1.29 is 39.8 Å². The van der Waals surface area contributed by atoms with Gasteiger partial charge >= 0.3 is 0 Å². The maximum Gasteiger partial charge on any atom is 0.220 e. The van der Waals surface area contributed by atoms with Gasteiger partial charge in [0, 0.05) is 6.42 Å². The van der Waals surface area contributed by atoms with Gasteiger partial charge in [0.15, 0.2) is 6.29 Å². The summed E-state index contributed by atoms with van der Waals surface area (Å²) in [7, 11) is 0. The number of ether oxygens (including phenoxy) is 2. The zero-order chi connectivity index (χ0) is 37.4. The van der Waals surface area contributed by atoms with Gasteiger partial charge in [-0.1, -0.05) is 180 Å². The molecule has 0 aliphatic carbocycles. The Hall–Kier alpha value is -1.07. The zero-order valence-corrected chi connectivity index (χ0v) is 32.9. The van der Waals surface area contributed by atoms with E-state index in [1.165, 1.54) is 135 Å². The second-order valence-electron chi connectivity index (χ2n) is 15.1. The Morgan fingerprint density at radius 3 is 1.53 bits per heavy atom. The summed E-state index contributed by atoms with van der Waals surface area (Å²) in [6, 6.07) is -0.796. The van der Waals surface area contributed by atoms with Gasteiger partial charge in [-0.2, -0.15) is 0 Å². The number of hydrogen-bond acceptors (Lipinski definition) is 8. The average molecular weight is 728 g/mol. The number of aliphatic hydroxyl groups excluding tert-OH is 5. The summed E-state index contributed by atoms with van der Waals surface area (Å²) in [6.45, 7) is 3.76. The molecule has 0 aromatic rings. The van der Waals surface area contributed by atoms with Gasteiger partial charge in [-0.25, -0.2) is 0 Å². The summed E-state index contributed by atoms with van der Waals surface area (Å²) in [5.74, 6) is -0.178. The van der Waals surface area contributed by atoms with E-state index in [2.05, 4.69) is 19.2 Å². The first kappa shape index (κ1) is 48.0. The maximum absolute atomic E-state index is 12.9. The highest BCUT2D eigenvalue weighted by molar-refractivity contribution is 5.76. The Labute approximate surface area is 312 Å². The highest BCUT2D eigenvalue weighted by Crippen LogP contribution is 2.22. The lowest BCUT2D eigenvalue weighted by Gasteiger charge is -2.40. The van der Waals surface area contributed by atoms with Crippen molar-refractivity contribution in [2.75, 3.05) is 13.2 Å². The zero-order valence-electron chi connectivity index (χ0n) is 32.9. The van der Waals surface area contributed by atoms with Crippen molar-refractivity contribution in [3.05, 3.63) is 12.2 Å². The maximum atomic E-state index is 12.9. The van der Waals surface area contributed by atoms with Gasteiger partial charge in [0.1, 0.15) is 24.4 Å². The summed E-state index contributed by atoms with van der Waals surface area (Å²) in [4.78, 5) is 12.9. The van der Waals surface area contributed by atoms with Crippen molar-refractivity contribution >= 4 is 5.91 Å². The number of carbonyl (C=O) groups is 1. The Bertz CT molecular complexity index is 812. The van der Waals surface area contributed by atoms with Crippen molar-refractivity contribution in [2.45, 2.75) is 236 Å². The third-order valence-electron chi connectivity index (χ3n) is 10.4. The van der Waals surface area contributed by atoms with Crippen molar-refractivity contribution in [2.24, 2.45) is 0 Å². The van der Waals surface area contributed by atoms with Gasteiger partial charge in [-0.3, -0.25) is 4.79 Å². The molecule has 1 aliphatic rings. The first-order chi connectivity index (χ1) is 24.8. The third-order valence-corrected chi connectivity index (χ3v) is 10.4. The van der Waals surface area contributed by atoms with Crippen LogP contribution in [0.15, 0.2) is 12.2 Å². The minimum atomic E-state index is -1.56. The third kappa shape index (κ3) is 24.8. The van der Waals surface area contributed by atoms with Crippen LogP contribution in [0.2, 0.25) is 0 Å². The van der Waals surface area contributed by atoms with Crippen LogP contribution < -0.4 is 5.32 Å². The van der Waals surface area contributed by atoms with Gasteiger partial charge in [0.05, 0.1) is 25.4 Å². The summed E-state index contributed by atoms with van der Waals surface area (Å²) in [5.41, 5.74) is 0. The molecule has 0 saturated carbocycles. The van der Waals surface area contributed by atoms with Crippen LogP contribution in [0.4, 0.5) is 0 Å². The molecule has 1 saturated heterocycles. The Morgan fingerprint density at radius 2 is 1.08 bits per heavy atom. The van der Waals surface area contributed by atoms with E-state index in [1.54, 1.807) is 6.08 Å². The molecular weight excluding hydrogens is 646 g/mol. The van der Waals surface area contributed by atoms with Crippen LogP contribution in [-0.4, -0.2) is 87.5 Å². The van der Waals surface area contributed by atoms with Crippen LogP contribution in [-0.2, 0) is 14.3 Å². The van der Waals surface area contributed by atoms with Crippen molar-refractivity contribution in [1.82, 2.24) is 5.32 Å². The molecule has 1 aliphatic heterocycles. The molecule has 302 valence electrons. The Morgan fingerprint density at radius 1 is 0.647 bits per heavy atom. The van der Waals surface area contributed by atoms with E-state index in [4.69, 9.17) is 9.47 Å². The number of allylic oxidation sites excluding steroid dienone is 1. The second-order valence-corrected chi connectivity index (χ2v) is 15.1. The molecule has 0 aromatic carbocycles. The molecule has 0 bridgehead atoms. The molecule has 0 aromatic heterocycles. The molecule has 1 amide bonds. The van der Waals surface area contributed by atoms with Crippen LogP contribution in [0.5, 0.6) is 0 Å². The van der Waals surface area contributed by atoms with E-state index in [0.717, 1.165) is 38.5 Å². The Balaban J connectivity index is 2.39. The number of unbranched alkanes of at least 4 members (excludes halogenated alkanes) is 25. The van der Waals surface area contributed by atoms with E-state index >= 15 is 0 Å². The van der Waals surface area contributed by atoms with Crippen molar-refractivity contribution in [1.29, 1.82) is 0 Å². The summed E-state index contributed by atoms with van der Waals surface area (Å²) < 4.78 is 11.2. The van der Waals surface area contributed by atoms with Crippen LogP contribution in [0.25, 0.3) is 0 Å². The van der Waals surface area contributed by atoms with Gasteiger partial charge in [0.25, 0.3) is 0 Å². The predicted octanol–water partition coefficient (Wildman–Crippen LogP) is 8.17. The fourth-order valence-corrected chi connectivity index (χ4v) is 6.86. The number of aliphatic hydroxyl groups is 5. The van der Waals surface area contributed by atoms with Crippen LogP contribution >= 0.6 is 0 Å². The summed E-state index contributed by atoms with van der Waals surface area (Å²) >= 11 is 0. The van der Waals surface area contributed by atoms with Crippen molar-refractivity contribution in [3.8, 4) is 0 Å². The molecule has 9 nitrogen and oxygen atoms in total. The van der Waals surface area contributed by atoms with Crippen molar-refractivity contribution in [3.63, 3.8) is 0 Å². The van der Waals surface area contributed by atoms with Crippen LogP contribution in [0, 0.1) is 0 Å².